The molecule has 54 heavy (non-hydrogen) atoms. The first-order valence-corrected chi connectivity index (χ1v) is 18.9. The summed E-state index contributed by atoms with van der Waals surface area (Å²) >= 11 is 0. The van der Waals surface area contributed by atoms with E-state index in [1.54, 1.807) is 0 Å². The van der Waals surface area contributed by atoms with E-state index in [-0.39, 0.29) is 17.9 Å². The van der Waals surface area contributed by atoms with Gasteiger partial charge in [-0.3, -0.25) is 9.59 Å². The van der Waals surface area contributed by atoms with Gasteiger partial charge < -0.3 is 24.5 Å². The van der Waals surface area contributed by atoms with Crippen LogP contribution >= 0.6 is 0 Å². The maximum absolute atomic E-state index is 13.5. The number of hydrogen-bond donors (Lipinski definition) is 2. The molecule has 0 aliphatic carbocycles. The maximum Gasteiger partial charge on any atom is 0.227 e. The van der Waals surface area contributed by atoms with Crippen molar-refractivity contribution in [3.63, 3.8) is 0 Å². The Morgan fingerprint density at radius 2 is 1.43 bits per heavy atom. The van der Waals surface area contributed by atoms with E-state index < -0.39 is 5.54 Å². The first kappa shape index (κ1) is 35.1. The van der Waals surface area contributed by atoms with Crippen LogP contribution in [0.3, 0.4) is 0 Å². The van der Waals surface area contributed by atoms with Crippen molar-refractivity contribution in [2.75, 3.05) is 13.1 Å². The minimum absolute atomic E-state index is 0.0524. The van der Waals surface area contributed by atoms with Crippen LogP contribution in [0.2, 0.25) is 0 Å². The number of aromatic nitrogens is 4. The van der Waals surface area contributed by atoms with Gasteiger partial charge in [0.1, 0.15) is 23.1 Å². The minimum atomic E-state index is -0.500. The number of hydrogen-bond acceptors (Lipinski definition) is 5. The largest absolute Gasteiger partial charge is 0.457 e. The van der Waals surface area contributed by atoms with Gasteiger partial charge in [0.05, 0.1) is 48.2 Å². The Morgan fingerprint density at radius 1 is 0.741 bits per heavy atom. The van der Waals surface area contributed by atoms with Crippen LogP contribution in [0.15, 0.2) is 109 Å². The van der Waals surface area contributed by atoms with Crippen molar-refractivity contribution in [2.45, 2.75) is 70.9 Å². The zero-order valence-electron chi connectivity index (χ0n) is 31.1. The van der Waals surface area contributed by atoms with E-state index in [4.69, 9.17) is 14.7 Å². The Labute approximate surface area is 316 Å². The summed E-state index contributed by atoms with van der Waals surface area (Å²) in [6, 6.07) is 32.1. The van der Waals surface area contributed by atoms with Crippen LogP contribution in [0.25, 0.3) is 22.5 Å². The first-order chi connectivity index (χ1) is 26.2. The molecule has 9 heteroatoms. The van der Waals surface area contributed by atoms with Gasteiger partial charge in [0.2, 0.25) is 11.8 Å². The molecule has 2 N–H and O–H groups in total. The van der Waals surface area contributed by atoms with E-state index in [0.717, 1.165) is 95.2 Å². The van der Waals surface area contributed by atoms with Gasteiger partial charge >= 0.3 is 0 Å². The van der Waals surface area contributed by atoms with Gasteiger partial charge in [0, 0.05) is 18.7 Å². The number of carbonyl (C=O) groups excluding carboxylic acids is 2. The topological polar surface area (TPSA) is 107 Å². The highest BCUT2D eigenvalue weighted by atomic mass is 16.5. The molecule has 0 radical (unpaired) electrons. The van der Waals surface area contributed by atoms with E-state index in [1.807, 2.05) is 95.0 Å². The van der Waals surface area contributed by atoms with E-state index in [0.29, 0.717) is 24.3 Å². The second kappa shape index (κ2) is 14.8. The SMILES string of the molecule is Cc1cccc(CC(=O)N2CCC[C@H]2c2ncc(-c3ccc(Oc4cccc(-c5cnc([C@]6(C)CCCN6C(=O)Cc6cccc(C)c6)[nH]5)c4)cc3)[nH]2)c1. The number of H-pyrrole nitrogens is 2. The third-order valence-electron chi connectivity index (χ3n) is 10.9. The number of ether oxygens (including phenoxy) is 1. The van der Waals surface area contributed by atoms with Crippen molar-refractivity contribution in [1.82, 2.24) is 29.7 Å². The van der Waals surface area contributed by atoms with Crippen molar-refractivity contribution >= 4 is 11.8 Å². The molecule has 6 aromatic rings. The zero-order chi connectivity index (χ0) is 37.2. The van der Waals surface area contributed by atoms with Crippen LogP contribution in [0.4, 0.5) is 0 Å². The first-order valence-electron chi connectivity index (χ1n) is 18.9. The molecular weight excluding hydrogens is 673 g/mol. The lowest BCUT2D eigenvalue weighted by Crippen LogP contribution is -2.44. The molecule has 8 rings (SSSR count). The summed E-state index contributed by atoms with van der Waals surface area (Å²) in [5.41, 5.74) is 7.60. The van der Waals surface area contributed by atoms with Crippen LogP contribution in [-0.4, -0.2) is 54.6 Å². The van der Waals surface area contributed by atoms with Crippen LogP contribution in [0.5, 0.6) is 11.5 Å². The van der Waals surface area contributed by atoms with Gasteiger partial charge in [0.25, 0.3) is 0 Å². The fraction of sp³-hybridized carbons (Fsp3) is 0.289. The number of aryl methyl sites for hydroxylation is 2. The summed E-state index contributed by atoms with van der Waals surface area (Å²) in [5.74, 6) is 3.29. The predicted octanol–water partition coefficient (Wildman–Crippen LogP) is 8.86. The molecule has 2 saturated heterocycles. The fourth-order valence-electron chi connectivity index (χ4n) is 8.11. The Hall–Kier alpha value is -5.96. The van der Waals surface area contributed by atoms with Crippen LogP contribution in [0, 0.1) is 13.8 Å². The lowest BCUT2D eigenvalue weighted by Gasteiger charge is -2.33. The van der Waals surface area contributed by atoms with Crippen molar-refractivity contribution in [1.29, 1.82) is 0 Å². The summed E-state index contributed by atoms with van der Waals surface area (Å²) in [5, 5.41) is 0. The third-order valence-corrected chi connectivity index (χ3v) is 10.9. The quantitative estimate of drug-likeness (QED) is 0.147. The molecule has 9 nitrogen and oxygen atoms in total. The lowest BCUT2D eigenvalue weighted by atomic mass is 9.97. The van der Waals surface area contributed by atoms with Crippen LogP contribution in [0.1, 0.15) is 72.6 Å². The Morgan fingerprint density at radius 3 is 2.17 bits per heavy atom. The van der Waals surface area contributed by atoms with Crippen molar-refractivity contribution in [2.24, 2.45) is 0 Å². The van der Waals surface area contributed by atoms with Crippen molar-refractivity contribution in [3.05, 3.63) is 143 Å². The van der Waals surface area contributed by atoms with E-state index in [9.17, 15) is 9.59 Å². The zero-order valence-corrected chi connectivity index (χ0v) is 31.1. The van der Waals surface area contributed by atoms with Crippen molar-refractivity contribution < 1.29 is 14.3 Å². The summed E-state index contributed by atoms with van der Waals surface area (Å²) in [6.45, 7) is 7.68. The summed E-state index contributed by atoms with van der Waals surface area (Å²) in [7, 11) is 0. The molecule has 0 bridgehead atoms. The highest BCUT2D eigenvalue weighted by Crippen LogP contribution is 2.39. The highest BCUT2D eigenvalue weighted by Gasteiger charge is 2.43. The standard InChI is InChI=1S/C45H46N6O3/c1-30-9-4-11-32(23-30)25-41(52)50-21-7-15-40(50)43-46-28-38(48-43)34-16-18-36(19-17-34)54-37-14-6-13-35(27-37)39-29-47-44(49-39)45(3)20-8-22-51(45)42(53)26-33-12-5-10-31(2)24-33/h4-6,9-14,16-19,23-24,27-29,40H,7-8,15,20-22,25-26H2,1-3H3,(H,46,48)(H,47,49)/t40-,45-/m0/s1. The van der Waals surface area contributed by atoms with E-state index in [1.165, 1.54) is 0 Å². The highest BCUT2D eigenvalue weighted by molar-refractivity contribution is 5.80. The summed E-state index contributed by atoms with van der Waals surface area (Å²) < 4.78 is 6.30. The van der Waals surface area contributed by atoms with Gasteiger partial charge in [0.15, 0.2) is 0 Å². The number of benzene rings is 4. The molecule has 4 heterocycles. The normalized spacial score (nSPS) is 18.3. The molecule has 2 amide bonds. The molecule has 2 aliphatic rings. The molecule has 2 aliphatic heterocycles. The molecule has 2 aromatic heterocycles. The fourth-order valence-corrected chi connectivity index (χ4v) is 8.11. The Kier molecular flexibility index (Phi) is 9.63. The van der Waals surface area contributed by atoms with Gasteiger partial charge in [-0.1, -0.05) is 71.8 Å². The smallest absolute Gasteiger partial charge is 0.227 e. The molecule has 274 valence electrons. The second-order valence-electron chi connectivity index (χ2n) is 15.0. The third kappa shape index (κ3) is 7.31. The van der Waals surface area contributed by atoms with Crippen molar-refractivity contribution in [3.8, 4) is 34.0 Å². The molecule has 2 atom stereocenters. The molecule has 4 aromatic carbocycles. The Bertz CT molecular complexity index is 2290. The van der Waals surface area contributed by atoms with Gasteiger partial charge in [-0.05, 0) is 99.5 Å². The monoisotopic (exact) mass is 718 g/mol. The number of amides is 2. The number of nitrogens with zero attached hydrogens (tertiary/aromatic N) is 4. The molecule has 2 fully saturated rings. The molecule has 0 spiro atoms. The molecular formula is C45H46N6O3. The number of nitrogens with one attached hydrogen (secondary N) is 2. The lowest BCUT2D eigenvalue weighted by molar-refractivity contribution is -0.134. The van der Waals surface area contributed by atoms with Gasteiger partial charge in [-0.25, -0.2) is 9.97 Å². The number of rotatable bonds is 10. The number of imidazole rings is 2. The molecule has 0 unspecified atom stereocenters. The average Bonchev–Trinajstić information content (AvgIpc) is 3.99. The van der Waals surface area contributed by atoms with Gasteiger partial charge in [-0.15, -0.1) is 0 Å². The second-order valence-corrected chi connectivity index (χ2v) is 15.0. The summed E-state index contributed by atoms with van der Waals surface area (Å²) in [4.78, 5) is 47.3. The number of carbonyl (C=O) groups is 2. The number of likely N-dealkylation sites (tertiary alicyclic amines) is 2. The number of aromatic amines is 2. The van der Waals surface area contributed by atoms with E-state index >= 15 is 0 Å². The van der Waals surface area contributed by atoms with Crippen LogP contribution in [-0.2, 0) is 28.0 Å². The summed E-state index contributed by atoms with van der Waals surface area (Å²) in [6.07, 6.45) is 8.11. The molecule has 0 saturated carbocycles. The Balaban J connectivity index is 0.915. The minimum Gasteiger partial charge on any atom is -0.457 e. The van der Waals surface area contributed by atoms with Gasteiger partial charge in [-0.2, -0.15) is 0 Å². The van der Waals surface area contributed by atoms with E-state index in [2.05, 4.69) is 55.0 Å². The predicted molar refractivity (Wildman–Crippen MR) is 210 cm³/mol. The average molecular weight is 719 g/mol. The van der Waals surface area contributed by atoms with Crippen LogP contribution < -0.4 is 4.74 Å². The maximum atomic E-state index is 13.5.